The molecule has 0 fully saturated rings. The summed E-state index contributed by atoms with van der Waals surface area (Å²) in [6.45, 7) is 0.803. The first-order valence-corrected chi connectivity index (χ1v) is 6.07. The number of rotatable bonds is 5. The molecule has 4 heteroatoms. The van der Waals surface area contributed by atoms with Crippen molar-refractivity contribution in [1.82, 2.24) is 14.9 Å². The van der Waals surface area contributed by atoms with Gasteiger partial charge in [0.25, 0.3) is 0 Å². The molecule has 1 N–H and O–H groups in total. The van der Waals surface area contributed by atoms with E-state index in [1.165, 1.54) is 0 Å². The molecule has 0 aliphatic carbocycles. The monoisotopic (exact) mass is 243 g/mol. The summed E-state index contributed by atoms with van der Waals surface area (Å²) in [5.74, 6) is 0.0800. The zero-order valence-corrected chi connectivity index (χ0v) is 10.5. The molecule has 1 aromatic carbocycles. The van der Waals surface area contributed by atoms with E-state index in [-0.39, 0.29) is 5.91 Å². The molecule has 0 radical (unpaired) electrons. The van der Waals surface area contributed by atoms with Crippen molar-refractivity contribution in [3.05, 3.63) is 42.9 Å². The maximum Gasteiger partial charge on any atom is 0.219 e. The van der Waals surface area contributed by atoms with Crippen LogP contribution in [0.2, 0.25) is 0 Å². The van der Waals surface area contributed by atoms with E-state index in [0.717, 1.165) is 24.2 Å². The lowest BCUT2D eigenvalue weighted by Crippen LogP contribution is -2.17. The molecule has 4 nitrogen and oxygen atoms in total. The van der Waals surface area contributed by atoms with Gasteiger partial charge >= 0.3 is 0 Å². The minimum absolute atomic E-state index is 0.0800. The van der Waals surface area contributed by atoms with Crippen LogP contribution in [0, 0.1) is 0 Å². The highest BCUT2D eigenvalue weighted by atomic mass is 16.1. The van der Waals surface area contributed by atoms with E-state index in [1.807, 2.05) is 30.7 Å². The number of aromatic nitrogens is 2. The Morgan fingerprint density at radius 3 is 2.83 bits per heavy atom. The second kappa shape index (κ2) is 6.00. The molecule has 1 amide bonds. The molecular formula is C14H17N3O. The van der Waals surface area contributed by atoms with E-state index in [1.54, 1.807) is 7.05 Å². The lowest BCUT2D eigenvalue weighted by atomic mass is 10.1. The van der Waals surface area contributed by atoms with Crippen LogP contribution < -0.4 is 5.32 Å². The smallest absolute Gasteiger partial charge is 0.219 e. The summed E-state index contributed by atoms with van der Waals surface area (Å²) >= 11 is 0. The van der Waals surface area contributed by atoms with Crippen LogP contribution in [0.4, 0.5) is 0 Å². The summed E-state index contributed by atoms with van der Waals surface area (Å²) in [6, 6.07) is 10.1. The number of nitrogens with one attached hydrogen (secondary N) is 1. The second-order valence-corrected chi connectivity index (χ2v) is 4.12. The molecule has 0 saturated carbocycles. The van der Waals surface area contributed by atoms with Crippen molar-refractivity contribution in [3.8, 4) is 11.3 Å². The lowest BCUT2D eigenvalue weighted by Gasteiger charge is -2.07. The Bertz CT molecular complexity index is 505. The molecule has 1 aromatic heterocycles. The molecule has 0 saturated heterocycles. The first kappa shape index (κ1) is 12.4. The Kier molecular flexibility index (Phi) is 4.12. The predicted molar refractivity (Wildman–Crippen MR) is 71.0 cm³/mol. The van der Waals surface area contributed by atoms with Gasteiger partial charge in [-0.15, -0.1) is 0 Å². The van der Waals surface area contributed by atoms with Crippen molar-refractivity contribution in [2.45, 2.75) is 19.4 Å². The second-order valence-electron chi connectivity index (χ2n) is 4.12. The third-order valence-electron chi connectivity index (χ3n) is 2.86. The highest BCUT2D eigenvalue weighted by Gasteiger charge is 2.05. The van der Waals surface area contributed by atoms with Crippen molar-refractivity contribution in [2.24, 2.45) is 0 Å². The van der Waals surface area contributed by atoms with Crippen LogP contribution >= 0.6 is 0 Å². The minimum Gasteiger partial charge on any atom is -0.359 e. The SMILES string of the molecule is CNC(=O)CCCn1cncc1-c1ccccc1. The zero-order chi connectivity index (χ0) is 12.8. The number of hydrogen-bond donors (Lipinski definition) is 1. The van der Waals surface area contributed by atoms with Crippen molar-refractivity contribution in [2.75, 3.05) is 7.05 Å². The number of amides is 1. The molecule has 0 unspecified atom stereocenters. The van der Waals surface area contributed by atoms with Gasteiger partial charge < -0.3 is 9.88 Å². The summed E-state index contributed by atoms with van der Waals surface area (Å²) in [6.07, 6.45) is 5.03. The fourth-order valence-corrected chi connectivity index (χ4v) is 1.88. The molecule has 0 atom stereocenters. The first-order valence-electron chi connectivity index (χ1n) is 6.07. The third-order valence-corrected chi connectivity index (χ3v) is 2.86. The Morgan fingerprint density at radius 1 is 1.33 bits per heavy atom. The van der Waals surface area contributed by atoms with E-state index in [9.17, 15) is 4.79 Å². The average Bonchev–Trinajstić information content (AvgIpc) is 2.88. The maximum atomic E-state index is 11.2. The number of hydrogen-bond acceptors (Lipinski definition) is 2. The molecule has 0 aliphatic heterocycles. The van der Waals surface area contributed by atoms with Gasteiger partial charge in [0.15, 0.2) is 0 Å². The van der Waals surface area contributed by atoms with E-state index >= 15 is 0 Å². The third kappa shape index (κ3) is 2.97. The van der Waals surface area contributed by atoms with E-state index in [4.69, 9.17) is 0 Å². The average molecular weight is 243 g/mol. The molecule has 0 spiro atoms. The standard InChI is InChI=1S/C14H17N3O/c1-15-14(18)8-5-9-17-11-16-10-13(17)12-6-3-2-4-7-12/h2-4,6-7,10-11H,5,8-9H2,1H3,(H,15,18). The van der Waals surface area contributed by atoms with Crippen molar-refractivity contribution < 1.29 is 4.79 Å². The van der Waals surface area contributed by atoms with Gasteiger partial charge in [-0.05, 0) is 12.0 Å². The molecular weight excluding hydrogens is 226 g/mol. The summed E-state index contributed by atoms with van der Waals surface area (Å²) in [7, 11) is 1.66. The summed E-state index contributed by atoms with van der Waals surface area (Å²) in [5, 5.41) is 2.63. The van der Waals surface area contributed by atoms with E-state index in [0.29, 0.717) is 6.42 Å². The van der Waals surface area contributed by atoms with Gasteiger partial charge in [0.2, 0.25) is 5.91 Å². The van der Waals surface area contributed by atoms with Crippen LogP contribution in [0.3, 0.4) is 0 Å². The highest BCUT2D eigenvalue weighted by Crippen LogP contribution is 2.18. The molecule has 1 heterocycles. The summed E-state index contributed by atoms with van der Waals surface area (Å²) in [4.78, 5) is 15.3. The van der Waals surface area contributed by atoms with Crippen LogP contribution in [0.15, 0.2) is 42.9 Å². The Labute approximate surface area is 107 Å². The maximum absolute atomic E-state index is 11.2. The molecule has 0 aliphatic rings. The number of imidazole rings is 1. The molecule has 2 rings (SSSR count). The number of nitrogens with zero attached hydrogens (tertiary/aromatic N) is 2. The summed E-state index contributed by atoms with van der Waals surface area (Å²) in [5.41, 5.74) is 2.24. The first-order chi connectivity index (χ1) is 8.81. The van der Waals surface area contributed by atoms with E-state index < -0.39 is 0 Å². The molecule has 2 aromatic rings. The van der Waals surface area contributed by atoms with Crippen molar-refractivity contribution in [1.29, 1.82) is 0 Å². The lowest BCUT2D eigenvalue weighted by molar-refractivity contribution is -0.120. The van der Waals surface area contributed by atoms with Gasteiger partial charge in [-0.2, -0.15) is 0 Å². The fourth-order valence-electron chi connectivity index (χ4n) is 1.88. The van der Waals surface area contributed by atoms with Crippen LogP contribution in [-0.2, 0) is 11.3 Å². The van der Waals surface area contributed by atoms with Gasteiger partial charge in [0.1, 0.15) is 0 Å². The van der Waals surface area contributed by atoms with Gasteiger partial charge in [-0.25, -0.2) is 4.98 Å². The summed E-state index contributed by atoms with van der Waals surface area (Å²) < 4.78 is 2.08. The molecule has 94 valence electrons. The van der Waals surface area contributed by atoms with Gasteiger partial charge in [-0.3, -0.25) is 4.79 Å². The molecule has 18 heavy (non-hydrogen) atoms. The highest BCUT2D eigenvalue weighted by molar-refractivity contribution is 5.75. The van der Waals surface area contributed by atoms with Crippen LogP contribution in [-0.4, -0.2) is 22.5 Å². The van der Waals surface area contributed by atoms with Crippen molar-refractivity contribution >= 4 is 5.91 Å². The zero-order valence-electron chi connectivity index (χ0n) is 10.5. The number of carbonyl (C=O) groups excluding carboxylic acids is 1. The Morgan fingerprint density at radius 2 is 2.11 bits per heavy atom. The van der Waals surface area contributed by atoms with Gasteiger partial charge in [0, 0.05) is 20.0 Å². The quantitative estimate of drug-likeness (QED) is 0.874. The molecule has 0 bridgehead atoms. The largest absolute Gasteiger partial charge is 0.359 e. The topological polar surface area (TPSA) is 46.9 Å². The van der Waals surface area contributed by atoms with Gasteiger partial charge in [-0.1, -0.05) is 30.3 Å². The van der Waals surface area contributed by atoms with Gasteiger partial charge in [0.05, 0.1) is 18.2 Å². The Hall–Kier alpha value is -2.10. The van der Waals surface area contributed by atoms with Crippen LogP contribution in [0.1, 0.15) is 12.8 Å². The van der Waals surface area contributed by atoms with Crippen LogP contribution in [0.25, 0.3) is 11.3 Å². The normalized spacial score (nSPS) is 10.3. The fraction of sp³-hybridized carbons (Fsp3) is 0.286. The van der Waals surface area contributed by atoms with E-state index in [2.05, 4.69) is 27.0 Å². The van der Waals surface area contributed by atoms with Crippen molar-refractivity contribution in [3.63, 3.8) is 0 Å². The number of benzene rings is 1. The van der Waals surface area contributed by atoms with Crippen LogP contribution in [0.5, 0.6) is 0 Å². The Balaban J connectivity index is 2.03. The number of carbonyl (C=O) groups is 1. The predicted octanol–water partition coefficient (Wildman–Crippen LogP) is 2.08. The minimum atomic E-state index is 0.0800. The number of aryl methyl sites for hydroxylation is 1.